The van der Waals surface area contributed by atoms with Crippen molar-refractivity contribution >= 4 is 11.6 Å². The summed E-state index contributed by atoms with van der Waals surface area (Å²) in [5, 5.41) is 4.12. The molecule has 0 aliphatic heterocycles. The van der Waals surface area contributed by atoms with Crippen LogP contribution in [0.2, 0.25) is 5.02 Å². The summed E-state index contributed by atoms with van der Waals surface area (Å²) in [6.45, 7) is 10.8. The van der Waals surface area contributed by atoms with Gasteiger partial charge in [-0.2, -0.15) is 0 Å². The molecule has 1 aromatic carbocycles. The van der Waals surface area contributed by atoms with Gasteiger partial charge in [0, 0.05) is 11.1 Å². The van der Waals surface area contributed by atoms with Gasteiger partial charge >= 0.3 is 0 Å². The quantitative estimate of drug-likeness (QED) is 0.796. The zero-order chi connectivity index (χ0) is 13.1. The second kappa shape index (κ2) is 5.70. The molecule has 0 radical (unpaired) electrons. The van der Waals surface area contributed by atoms with E-state index in [1.54, 1.807) is 0 Å². The molecule has 94 valence electrons. The van der Waals surface area contributed by atoms with Gasteiger partial charge in [-0.05, 0) is 36.6 Å². The minimum absolute atomic E-state index is 0.125. The summed E-state index contributed by atoms with van der Waals surface area (Å²) < 4.78 is 0. The van der Waals surface area contributed by atoms with Gasteiger partial charge in [-0.15, -0.1) is 0 Å². The molecule has 0 heterocycles. The third-order valence-electron chi connectivity index (χ3n) is 3.09. The number of hydrogen-bond donors (Lipinski definition) is 1. The van der Waals surface area contributed by atoms with Crippen LogP contribution >= 0.6 is 11.6 Å². The highest BCUT2D eigenvalue weighted by atomic mass is 35.5. The Balaban J connectivity index is 2.77. The molecule has 1 N–H and O–H groups in total. The average molecular weight is 252 g/mol. The van der Waals surface area contributed by atoms with Gasteiger partial charge in [-0.25, -0.2) is 0 Å². The predicted octanol–water partition coefficient (Wildman–Crippen LogP) is 4.07. The standard InChI is InChI=1S/C15H22ClN/c1-11(15(2,3)4)14(17-5)10-12-6-8-13(16)9-7-12/h6-9,14,17H,1,10H2,2-5H3/t14-/m1/s1. The molecule has 0 aliphatic carbocycles. The Bertz CT molecular complexity index is 373. The predicted molar refractivity (Wildman–Crippen MR) is 76.6 cm³/mol. The lowest BCUT2D eigenvalue weighted by Gasteiger charge is -2.29. The highest BCUT2D eigenvalue weighted by Crippen LogP contribution is 2.27. The van der Waals surface area contributed by atoms with E-state index in [0.717, 1.165) is 11.4 Å². The fourth-order valence-corrected chi connectivity index (χ4v) is 1.90. The Kier molecular flexibility index (Phi) is 4.79. The Hall–Kier alpha value is -0.790. The molecule has 0 aliphatic rings. The van der Waals surface area contributed by atoms with Gasteiger partial charge in [0.25, 0.3) is 0 Å². The van der Waals surface area contributed by atoms with Crippen LogP contribution in [-0.2, 0) is 6.42 Å². The first-order valence-corrected chi connectivity index (χ1v) is 6.33. The van der Waals surface area contributed by atoms with Gasteiger partial charge < -0.3 is 5.32 Å². The molecule has 0 bridgehead atoms. The van der Waals surface area contributed by atoms with Gasteiger partial charge in [-0.3, -0.25) is 0 Å². The van der Waals surface area contributed by atoms with Gasteiger partial charge in [0.05, 0.1) is 0 Å². The minimum Gasteiger partial charge on any atom is -0.313 e. The van der Waals surface area contributed by atoms with Gasteiger partial charge in [0.15, 0.2) is 0 Å². The Morgan fingerprint density at radius 3 is 2.24 bits per heavy atom. The summed E-state index contributed by atoms with van der Waals surface area (Å²) in [7, 11) is 1.98. The average Bonchev–Trinajstić information content (AvgIpc) is 2.26. The van der Waals surface area contributed by atoms with E-state index >= 15 is 0 Å². The normalized spacial score (nSPS) is 13.5. The summed E-state index contributed by atoms with van der Waals surface area (Å²) in [6, 6.07) is 8.31. The molecule has 17 heavy (non-hydrogen) atoms. The van der Waals surface area contributed by atoms with Crippen LogP contribution < -0.4 is 5.32 Å². The monoisotopic (exact) mass is 251 g/mol. The van der Waals surface area contributed by atoms with Crippen LogP contribution in [0.3, 0.4) is 0 Å². The van der Waals surface area contributed by atoms with Crippen molar-refractivity contribution in [3.8, 4) is 0 Å². The summed E-state index contributed by atoms with van der Waals surface area (Å²) in [5.41, 5.74) is 2.63. The molecule has 0 aromatic heterocycles. The maximum absolute atomic E-state index is 5.88. The minimum atomic E-state index is 0.125. The molecular weight excluding hydrogens is 230 g/mol. The largest absolute Gasteiger partial charge is 0.313 e. The summed E-state index contributed by atoms with van der Waals surface area (Å²) >= 11 is 5.88. The summed E-state index contributed by atoms with van der Waals surface area (Å²) in [5.74, 6) is 0. The van der Waals surface area contributed by atoms with Crippen molar-refractivity contribution in [1.82, 2.24) is 5.32 Å². The molecule has 1 rings (SSSR count). The number of benzene rings is 1. The molecule has 0 amide bonds. The second-order valence-electron chi connectivity index (χ2n) is 5.45. The van der Waals surface area contributed by atoms with Crippen molar-refractivity contribution in [2.75, 3.05) is 7.05 Å². The van der Waals surface area contributed by atoms with E-state index in [2.05, 4.69) is 44.8 Å². The lowest BCUT2D eigenvalue weighted by atomic mass is 9.81. The first kappa shape index (κ1) is 14.3. The molecule has 1 nitrogen and oxygen atoms in total. The third-order valence-corrected chi connectivity index (χ3v) is 3.34. The zero-order valence-corrected chi connectivity index (χ0v) is 11.9. The van der Waals surface area contributed by atoms with Crippen molar-refractivity contribution in [2.24, 2.45) is 5.41 Å². The summed E-state index contributed by atoms with van der Waals surface area (Å²) in [4.78, 5) is 0. The molecule has 0 spiro atoms. The topological polar surface area (TPSA) is 12.0 Å². The molecule has 1 aromatic rings. The van der Waals surface area contributed by atoms with Crippen molar-refractivity contribution in [3.63, 3.8) is 0 Å². The highest BCUT2D eigenvalue weighted by Gasteiger charge is 2.22. The number of hydrogen-bond acceptors (Lipinski definition) is 1. The van der Waals surface area contributed by atoms with Crippen LogP contribution in [0, 0.1) is 5.41 Å². The number of halogens is 1. The van der Waals surface area contributed by atoms with Crippen molar-refractivity contribution < 1.29 is 0 Å². The Morgan fingerprint density at radius 1 is 1.29 bits per heavy atom. The third kappa shape index (κ3) is 4.18. The molecule has 1 atom stereocenters. The first-order valence-electron chi connectivity index (χ1n) is 5.95. The lowest BCUT2D eigenvalue weighted by molar-refractivity contribution is 0.438. The molecule has 0 saturated heterocycles. The lowest BCUT2D eigenvalue weighted by Crippen LogP contribution is -2.34. The van der Waals surface area contributed by atoms with E-state index < -0.39 is 0 Å². The van der Waals surface area contributed by atoms with Crippen molar-refractivity contribution in [2.45, 2.75) is 33.2 Å². The van der Waals surface area contributed by atoms with Crippen molar-refractivity contribution in [1.29, 1.82) is 0 Å². The van der Waals surface area contributed by atoms with Gasteiger partial charge in [0.2, 0.25) is 0 Å². The molecule has 0 unspecified atom stereocenters. The Morgan fingerprint density at radius 2 is 1.82 bits per heavy atom. The van der Waals surface area contributed by atoms with Crippen LogP contribution in [0.1, 0.15) is 26.3 Å². The van der Waals surface area contributed by atoms with E-state index in [0.29, 0.717) is 6.04 Å². The Labute approximate surface area is 110 Å². The summed E-state index contributed by atoms with van der Waals surface area (Å²) in [6.07, 6.45) is 0.948. The van der Waals surface area contributed by atoms with E-state index in [9.17, 15) is 0 Å². The van der Waals surface area contributed by atoms with Crippen molar-refractivity contribution in [3.05, 3.63) is 47.0 Å². The fourth-order valence-electron chi connectivity index (χ4n) is 1.78. The van der Waals surface area contributed by atoms with E-state index in [-0.39, 0.29) is 5.41 Å². The molecule has 0 saturated carbocycles. The van der Waals surface area contributed by atoms with Gasteiger partial charge in [-0.1, -0.05) is 56.7 Å². The maximum atomic E-state index is 5.88. The fraction of sp³-hybridized carbons (Fsp3) is 0.467. The number of rotatable bonds is 4. The molecular formula is C15H22ClN. The van der Waals surface area contributed by atoms with Crippen LogP contribution in [0.25, 0.3) is 0 Å². The second-order valence-corrected chi connectivity index (χ2v) is 5.88. The van der Waals surface area contributed by atoms with Gasteiger partial charge in [0.1, 0.15) is 0 Å². The molecule has 0 fully saturated rings. The molecule has 2 heteroatoms. The van der Waals surface area contributed by atoms with E-state index in [1.807, 2.05) is 19.2 Å². The highest BCUT2D eigenvalue weighted by molar-refractivity contribution is 6.30. The SMILES string of the molecule is C=C([C@@H](Cc1ccc(Cl)cc1)NC)C(C)(C)C. The number of likely N-dealkylation sites (N-methyl/N-ethyl adjacent to an activating group) is 1. The number of nitrogens with one attached hydrogen (secondary N) is 1. The van der Waals surface area contributed by atoms with Crippen LogP contribution in [0.15, 0.2) is 36.4 Å². The van der Waals surface area contributed by atoms with Crippen LogP contribution in [-0.4, -0.2) is 13.1 Å². The van der Waals surface area contributed by atoms with Crippen LogP contribution in [0.5, 0.6) is 0 Å². The van der Waals surface area contributed by atoms with E-state index in [4.69, 9.17) is 11.6 Å². The maximum Gasteiger partial charge on any atom is 0.0406 e. The van der Waals surface area contributed by atoms with E-state index in [1.165, 1.54) is 11.1 Å². The zero-order valence-electron chi connectivity index (χ0n) is 11.2. The van der Waals surface area contributed by atoms with Crippen LogP contribution in [0.4, 0.5) is 0 Å². The first-order chi connectivity index (χ1) is 7.84. The smallest absolute Gasteiger partial charge is 0.0406 e.